The second-order valence-electron chi connectivity index (χ2n) is 5.81. The molecule has 0 aromatic carbocycles. The van der Waals surface area contributed by atoms with Crippen molar-refractivity contribution in [3.63, 3.8) is 0 Å². The van der Waals surface area contributed by atoms with Crippen molar-refractivity contribution in [2.45, 2.75) is 50.7 Å². The summed E-state index contributed by atoms with van der Waals surface area (Å²) in [5.41, 5.74) is 3.85. The van der Waals surface area contributed by atoms with E-state index in [-0.39, 0.29) is 5.41 Å². The van der Waals surface area contributed by atoms with Gasteiger partial charge in [0.05, 0.1) is 6.04 Å². The Hall–Kier alpha value is -0.710. The Balaban J connectivity index is 1.88. The van der Waals surface area contributed by atoms with Gasteiger partial charge in [0, 0.05) is 11.7 Å². The predicted octanol–water partition coefficient (Wildman–Crippen LogP) is 2.22. The fraction of sp³-hybridized carbons (Fsp3) is 0.818. The number of hydrogen-bond acceptors (Lipinski definition) is 4. The lowest BCUT2D eigenvalue weighted by Crippen LogP contribution is -2.44. The Kier molecular flexibility index (Phi) is 2.21. The molecule has 1 fully saturated rings. The number of aromatic nitrogens is 3. The molecule has 0 radical (unpaired) electrons. The Labute approximate surface area is 100 Å². The molecule has 16 heavy (non-hydrogen) atoms. The van der Waals surface area contributed by atoms with Crippen LogP contribution < -0.4 is 5.43 Å². The molecule has 3 rings (SSSR count). The van der Waals surface area contributed by atoms with Crippen molar-refractivity contribution in [1.29, 1.82) is 0 Å². The van der Waals surface area contributed by atoms with E-state index in [1.165, 1.54) is 12.8 Å². The maximum absolute atomic E-state index is 4.31. The number of nitrogens with zero attached hydrogens (tertiary/aromatic N) is 3. The van der Waals surface area contributed by atoms with E-state index in [0.717, 1.165) is 16.7 Å². The van der Waals surface area contributed by atoms with E-state index in [2.05, 4.69) is 41.1 Å². The molecule has 88 valence electrons. The van der Waals surface area contributed by atoms with Crippen LogP contribution in [0.3, 0.4) is 0 Å². The lowest BCUT2D eigenvalue weighted by atomic mass is 9.88. The van der Waals surface area contributed by atoms with E-state index in [1.807, 2.05) is 11.8 Å². The van der Waals surface area contributed by atoms with Gasteiger partial charge in [-0.25, -0.2) is 4.68 Å². The summed E-state index contributed by atoms with van der Waals surface area (Å²) in [5, 5.41) is 9.58. The highest BCUT2D eigenvalue weighted by atomic mass is 32.2. The molecule has 0 saturated heterocycles. The van der Waals surface area contributed by atoms with Crippen LogP contribution in [0.2, 0.25) is 0 Å². The quantitative estimate of drug-likeness (QED) is 0.814. The van der Waals surface area contributed by atoms with Crippen LogP contribution in [-0.2, 0) is 0 Å². The van der Waals surface area contributed by atoms with E-state index >= 15 is 0 Å². The van der Waals surface area contributed by atoms with Crippen LogP contribution in [0.1, 0.15) is 45.4 Å². The third-order valence-electron chi connectivity index (χ3n) is 3.31. The molecular weight excluding hydrogens is 220 g/mol. The van der Waals surface area contributed by atoms with Gasteiger partial charge in [0.1, 0.15) is 0 Å². The van der Waals surface area contributed by atoms with E-state index in [9.17, 15) is 0 Å². The molecule has 1 aliphatic heterocycles. The van der Waals surface area contributed by atoms with Crippen molar-refractivity contribution in [3.05, 3.63) is 5.82 Å². The van der Waals surface area contributed by atoms with Crippen molar-refractivity contribution in [2.75, 3.05) is 11.2 Å². The molecule has 1 aromatic rings. The van der Waals surface area contributed by atoms with Crippen molar-refractivity contribution in [3.8, 4) is 0 Å². The number of rotatable bonds is 1. The Bertz CT molecular complexity index is 403. The SMILES string of the molecule is CC(C)(C)C1CSc2nnc(C3CC3)n2N1. The number of hydrogen-bond donors (Lipinski definition) is 1. The van der Waals surface area contributed by atoms with Gasteiger partial charge in [-0.15, -0.1) is 10.2 Å². The monoisotopic (exact) mass is 238 g/mol. The molecule has 1 aliphatic carbocycles. The molecule has 1 N–H and O–H groups in total. The van der Waals surface area contributed by atoms with Crippen LogP contribution in [0, 0.1) is 5.41 Å². The summed E-state index contributed by atoms with van der Waals surface area (Å²) in [4.78, 5) is 0. The molecule has 2 aliphatic rings. The van der Waals surface area contributed by atoms with Gasteiger partial charge in [-0.05, 0) is 18.3 Å². The fourth-order valence-corrected chi connectivity index (χ4v) is 3.16. The van der Waals surface area contributed by atoms with Crippen LogP contribution >= 0.6 is 11.8 Å². The average Bonchev–Trinajstić information content (AvgIpc) is 2.96. The zero-order chi connectivity index (χ0) is 11.3. The van der Waals surface area contributed by atoms with Gasteiger partial charge in [-0.3, -0.25) is 0 Å². The second kappa shape index (κ2) is 3.39. The summed E-state index contributed by atoms with van der Waals surface area (Å²) in [5.74, 6) is 2.86. The van der Waals surface area contributed by atoms with Crippen molar-refractivity contribution < 1.29 is 0 Å². The molecular formula is C11H18N4S. The highest BCUT2D eigenvalue weighted by Gasteiger charge is 2.35. The van der Waals surface area contributed by atoms with Crippen molar-refractivity contribution in [2.24, 2.45) is 5.41 Å². The molecule has 1 saturated carbocycles. The second-order valence-corrected chi connectivity index (χ2v) is 6.80. The Morgan fingerprint density at radius 2 is 2.06 bits per heavy atom. The van der Waals surface area contributed by atoms with Gasteiger partial charge in [-0.1, -0.05) is 32.5 Å². The van der Waals surface area contributed by atoms with E-state index in [4.69, 9.17) is 0 Å². The molecule has 4 nitrogen and oxygen atoms in total. The van der Waals surface area contributed by atoms with Gasteiger partial charge in [0.2, 0.25) is 5.16 Å². The standard InChI is InChI=1S/C11H18N4S/c1-11(2,3)8-6-16-10-13-12-9(7-4-5-7)15(10)14-8/h7-8,14H,4-6H2,1-3H3. The lowest BCUT2D eigenvalue weighted by Gasteiger charge is -2.35. The molecule has 0 spiro atoms. The zero-order valence-electron chi connectivity index (χ0n) is 10.0. The first-order valence-corrected chi connectivity index (χ1v) is 6.89. The first kappa shape index (κ1) is 10.4. The third kappa shape index (κ3) is 1.71. The third-order valence-corrected chi connectivity index (χ3v) is 4.33. The Morgan fingerprint density at radius 3 is 2.69 bits per heavy atom. The number of thioether (sulfide) groups is 1. The first-order chi connectivity index (χ1) is 7.55. The molecule has 2 heterocycles. The van der Waals surface area contributed by atoms with Crippen LogP contribution in [0.15, 0.2) is 5.16 Å². The minimum absolute atomic E-state index is 0.274. The van der Waals surface area contributed by atoms with Crippen LogP contribution in [-0.4, -0.2) is 26.7 Å². The molecule has 5 heteroatoms. The van der Waals surface area contributed by atoms with Crippen LogP contribution in [0.5, 0.6) is 0 Å². The van der Waals surface area contributed by atoms with Gasteiger partial charge in [0.15, 0.2) is 5.82 Å². The van der Waals surface area contributed by atoms with Crippen LogP contribution in [0.25, 0.3) is 0 Å². The number of nitrogens with one attached hydrogen (secondary N) is 1. The van der Waals surface area contributed by atoms with Crippen molar-refractivity contribution in [1.82, 2.24) is 14.9 Å². The summed E-state index contributed by atoms with van der Waals surface area (Å²) < 4.78 is 2.13. The maximum atomic E-state index is 4.31. The van der Waals surface area contributed by atoms with E-state index < -0.39 is 0 Å². The highest BCUT2D eigenvalue weighted by molar-refractivity contribution is 7.99. The van der Waals surface area contributed by atoms with Gasteiger partial charge < -0.3 is 5.43 Å². The lowest BCUT2D eigenvalue weighted by molar-refractivity contribution is 0.335. The number of fused-ring (bicyclic) bond motifs is 1. The summed E-state index contributed by atoms with van der Waals surface area (Å²) in [6.45, 7) is 6.83. The predicted molar refractivity (Wildman–Crippen MR) is 65.3 cm³/mol. The van der Waals surface area contributed by atoms with E-state index in [0.29, 0.717) is 12.0 Å². The van der Waals surface area contributed by atoms with Gasteiger partial charge in [0.25, 0.3) is 0 Å². The molecule has 1 aromatic heterocycles. The smallest absolute Gasteiger partial charge is 0.210 e. The fourth-order valence-electron chi connectivity index (χ4n) is 1.90. The van der Waals surface area contributed by atoms with Crippen LogP contribution in [0.4, 0.5) is 0 Å². The normalized spacial score (nSPS) is 25.1. The summed E-state index contributed by atoms with van der Waals surface area (Å²) in [6, 6.07) is 0.485. The Morgan fingerprint density at radius 1 is 1.31 bits per heavy atom. The minimum atomic E-state index is 0.274. The molecule has 0 amide bonds. The van der Waals surface area contributed by atoms with Gasteiger partial charge >= 0.3 is 0 Å². The zero-order valence-corrected chi connectivity index (χ0v) is 10.8. The maximum Gasteiger partial charge on any atom is 0.210 e. The molecule has 1 atom stereocenters. The largest absolute Gasteiger partial charge is 0.318 e. The topological polar surface area (TPSA) is 42.7 Å². The molecule has 1 unspecified atom stereocenters. The van der Waals surface area contributed by atoms with Crippen molar-refractivity contribution >= 4 is 11.8 Å². The minimum Gasteiger partial charge on any atom is -0.318 e. The molecule has 0 bridgehead atoms. The summed E-state index contributed by atoms with van der Waals surface area (Å²) in [6.07, 6.45) is 2.54. The van der Waals surface area contributed by atoms with Gasteiger partial charge in [-0.2, -0.15) is 0 Å². The van der Waals surface area contributed by atoms with E-state index in [1.54, 1.807) is 0 Å². The summed E-state index contributed by atoms with van der Waals surface area (Å²) in [7, 11) is 0. The first-order valence-electron chi connectivity index (χ1n) is 5.90. The highest BCUT2D eigenvalue weighted by Crippen LogP contribution is 2.41. The summed E-state index contributed by atoms with van der Waals surface area (Å²) >= 11 is 1.82. The average molecular weight is 238 g/mol.